The van der Waals surface area contributed by atoms with Gasteiger partial charge in [-0.15, -0.1) is 11.8 Å². The third-order valence-corrected chi connectivity index (χ3v) is 4.71. The van der Waals surface area contributed by atoms with Crippen LogP contribution in [-0.2, 0) is 13.0 Å². The van der Waals surface area contributed by atoms with Crippen molar-refractivity contribution in [3.63, 3.8) is 0 Å². The van der Waals surface area contributed by atoms with E-state index in [2.05, 4.69) is 11.1 Å². The Balaban J connectivity index is 1.93. The van der Waals surface area contributed by atoms with Crippen molar-refractivity contribution in [1.82, 2.24) is 9.88 Å². The standard InChI is InChI=1S/C17H15N3O2S/c1-23-16-13(9-18)8-14(15(21)19-16)17(22)20-7-6-11-4-2-3-5-12(11)10-20/h2-5,8H,6-7,10H2,1H3,(H,19,21). The number of nitrogens with zero attached hydrogens (tertiary/aromatic N) is 2. The summed E-state index contributed by atoms with van der Waals surface area (Å²) in [7, 11) is 0. The van der Waals surface area contributed by atoms with Crippen LogP contribution in [0.15, 0.2) is 40.2 Å². The number of rotatable bonds is 2. The Hall–Kier alpha value is -2.52. The molecule has 0 radical (unpaired) electrons. The lowest BCUT2D eigenvalue weighted by molar-refractivity contribution is 0.0732. The maximum Gasteiger partial charge on any atom is 0.261 e. The molecule has 0 bridgehead atoms. The molecule has 6 heteroatoms. The highest BCUT2D eigenvalue weighted by atomic mass is 32.2. The van der Waals surface area contributed by atoms with Crippen molar-refractivity contribution in [1.29, 1.82) is 5.26 Å². The Kier molecular flexibility index (Phi) is 4.22. The number of carbonyl (C=O) groups excluding carboxylic acids is 1. The number of H-pyrrole nitrogens is 1. The van der Waals surface area contributed by atoms with E-state index in [9.17, 15) is 14.9 Å². The molecule has 1 N–H and O–H groups in total. The van der Waals surface area contributed by atoms with Crippen LogP contribution < -0.4 is 5.56 Å². The van der Waals surface area contributed by atoms with E-state index in [1.54, 1.807) is 11.2 Å². The summed E-state index contributed by atoms with van der Waals surface area (Å²) in [5.41, 5.74) is 2.24. The first-order valence-electron chi connectivity index (χ1n) is 7.21. The Labute approximate surface area is 137 Å². The quantitative estimate of drug-likeness (QED) is 0.859. The molecule has 2 heterocycles. The molecule has 1 aromatic carbocycles. The van der Waals surface area contributed by atoms with Gasteiger partial charge in [-0.05, 0) is 29.9 Å². The molecule has 0 saturated heterocycles. The number of nitriles is 1. The molecule has 0 saturated carbocycles. The minimum absolute atomic E-state index is 0.0266. The third-order valence-electron chi connectivity index (χ3n) is 3.98. The second-order valence-electron chi connectivity index (χ2n) is 5.32. The van der Waals surface area contributed by atoms with Crippen LogP contribution in [0, 0.1) is 11.3 Å². The largest absolute Gasteiger partial charge is 0.334 e. The van der Waals surface area contributed by atoms with Crippen molar-refractivity contribution in [2.24, 2.45) is 0 Å². The Morgan fingerprint density at radius 3 is 2.78 bits per heavy atom. The summed E-state index contributed by atoms with van der Waals surface area (Å²) in [6.45, 7) is 1.06. The van der Waals surface area contributed by atoms with Crippen LogP contribution in [0.4, 0.5) is 0 Å². The van der Waals surface area contributed by atoms with Crippen molar-refractivity contribution < 1.29 is 4.79 Å². The molecule has 0 atom stereocenters. The molecule has 0 aliphatic carbocycles. The van der Waals surface area contributed by atoms with Gasteiger partial charge in [0.05, 0.1) is 10.6 Å². The lowest BCUT2D eigenvalue weighted by atomic mass is 9.99. The van der Waals surface area contributed by atoms with E-state index in [1.807, 2.05) is 24.3 Å². The van der Waals surface area contributed by atoms with E-state index >= 15 is 0 Å². The fourth-order valence-electron chi connectivity index (χ4n) is 2.76. The van der Waals surface area contributed by atoms with Crippen LogP contribution in [0.2, 0.25) is 0 Å². The number of hydrogen-bond donors (Lipinski definition) is 1. The zero-order chi connectivity index (χ0) is 16.4. The minimum Gasteiger partial charge on any atom is -0.334 e. The van der Waals surface area contributed by atoms with E-state index in [-0.39, 0.29) is 11.5 Å². The van der Waals surface area contributed by atoms with Crippen LogP contribution in [0.25, 0.3) is 0 Å². The second kappa shape index (κ2) is 6.31. The van der Waals surface area contributed by atoms with Crippen molar-refractivity contribution in [3.8, 4) is 6.07 Å². The average Bonchev–Trinajstić information content (AvgIpc) is 2.60. The lowest BCUT2D eigenvalue weighted by Crippen LogP contribution is -2.38. The lowest BCUT2D eigenvalue weighted by Gasteiger charge is -2.28. The van der Waals surface area contributed by atoms with E-state index in [4.69, 9.17) is 0 Å². The zero-order valence-corrected chi connectivity index (χ0v) is 13.4. The summed E-state index contributed by atoms with van der Waals surface area (Å²) in [5.74, 6) is -0.329. The fraction of sp³-hybridized carbons (Fsp3) is 0.235. The number of aromatic amines is 1. The maximum absolute atomic E-state index is 12.7. The number of fused-ring (bicyclic) bond motifs is 1. The van der Waals surface area contributed by atoms with Gasteiger partial charge in [-0.1, -0.05) is 24.3 Å². The Morgan fingerprint density at radius 2 is 2.09 bits per heavy atom. The summed E-state index contributed by atoms with van der Waals surface area (Å²) in [6.07, 6.45) is 2.54. The first-order chi connectivity index (χ1) is 11.1. The summed E-state index contributed by atoms with van der Waals surface area (Å²) >= 11 is 1.28. The van der Waals surface area contributed by atoms with Crippen LogP contribution in [0.1, 0.15) is 27.0 Å². The molecule has 1 aliphatic rings. The van der Waals surface area contributed by atoms with Crippen molar-refractivity contribution in [2.75, 3.05) is 12.8 Å². The predicted octanol–water partition coefficient (Wildman–Crippen LogP) is 2.17. The van der Waals surface area contributed by atoms with Gasteiger partial charge >= 0.3 is 0 Å². The van der Waals surface area contributed by atoms with Gasteiger partial charge < -0.3 is 9.88 Å². The number of nitrogens with one attached hydrogen (secondary N) is 1. The van der Waals surface area contributed by atoms with Crippen LogP contribution in [0.5, 0.6) is 0 Å². The van der Waals surface area contributed by atoms with E-state index in [0.29, 0.717) is 23.7 Å². The van der Waals surface area contributed by atoms with Gasteiger partial charge in [0, 0.05) is 13.1 Å². The van der Waals surface area contributed by atoms with Gasteiger partial charge in [-0.2, -0.15) is 5.26 Å². The van der Waals surface area contributed by atoms with Crippen molar-refractivity contribution >= 4 is 17.7 Å². The SMILES string of the molecule is CSc1[nH]c(=O)c(C(=O)N2CCc3ccccc3C2)cc1C#N. The Morgan fingerprint density at radius 1 is 1.35 bits per heavy atom. The van der Waals surface area contributed by atoms with Gasteiger partial charge in [-0.3, -0.25) is 9.59 Å². The summed E-state index contributed by atoms with van der Waals surface area (Å²) in [4.78, 5) is 29.1. The highest BCUT2D eigenvalue weighted by Crippen LogP contribution is 2.21. The van der Waals surface area contributed by atoms with Crippen molar-refractivity contribution in [2.45, 2.75) is 18.0 Å². The molecule has 0 spiro atoms. The number of hydrogen-bond acceptors (Lipinski definition) is 4. The number of aromatic nitrogens is 1. The Bertz CT molecular complexity index is 867. The van der Waals surface area contributed by atoms with Crippen LogP contribution in [0.3, 0.4) is 0 Å². The maximum atomic E-state index is 12.7. The van der Waals surface area contributed by atoms with Gasteiger partial charge in [-0.25, -0.2) is 0 Å². The van der Waals surface area contributed by atoms with Crippen LogP contribution >= 0.6 is 11.8 Å². The van der Waals surface area contributed by atoms with Gasteiger partial charge in [0.1, 0.15) is 11.6 Å². The number of thioether (sulfide) groups is 1. The minimum atomic E-state index is -0.447. The predicted molar refractivity (Wildman–Crippen MR) is 88.4 cm³/mol. The van der Waals surface area contributed by atoms with Gasteiger partial charge in [0.25, 0.3) is 11.5 Å². The molecule has 1 amide bonds. The van der Waals surface area contributed by atoms with Gasteiger partial charge in [0.15, 0.2) is 0 Å². The van der Waals surface area contributed by atoms with E-state index in [1.165, 1.54) is 23.4 Å². The van der Waals surface area contributed by atoms with Gasteiger partial charge in [0.2, 0.25) is 0 Å². The molecular weight excluding hydrogens is 310 g/mol. The molecule has 2 aromatic rings. The topological polar surface area (TPSA) is 77.0 Å². The zero-order valence-electron chi connectivity index (χ0n) is 12.6. The first-order valence-corrected chi connectivity index (χ1v) is 8.44. The summed E-state index contributed by atoms with van der Waals surface area (Å²) in [6, 6.07) is 11.4. The molecule has 0 unspecified atom stereocenters. The molecule has 1 aromatic heterocycles. The van der Waals surface area contributed by atoms with E-state index < -0.39 is 5.56 Å². The number of carbonyl (C=O) groups is 1. The molecule has 3 rings (SSSR count). The molecular formula is C17H15N3O2S. The molecule has 23 heavy (non-hydrogen) atoms. The second-order valence-corrected chi connectivity index (χ2v) is 6.13. The highest BCUT2D eigenvalue weighted by molar-refractivity contribution is 7.98. The monoisotopic (exact) mass is 325 g/mol. The van der Waals surface area contributed by atoms with E-state index in [0.717, 1.165) is 12.0 Å². The first kappa shape index (κ1) is 15.4. The molecule has 5 nitrogen and oxygen atoms in total. The number of pyridine rings is 1. The third kappa shape index (κ3) is 2.88. The normalized spacial score (nSPS) is 13.3. The number of amides is 1. The van der Waals surface area contributed by atoms with Crippen LogP contribution in [-0.4, -0.2) is 28.6 Å². The highest BCUT2D eigenvalue weighted by Gasteiger charge is 2.24. The van der Waals surface area contributed by atoms with Crippen molar-refractivity contribution in [3.05, 3.63) is 62.9 Å². The fourth-order valence-corrected chi connectivity index (χ4v) is 3.27. The average molecular weight is 325 g/mol. The molecule has 1 aliphatic heterocycles. The number of benzene rings is 1. The molecule has 116 valence electrons. The summed E-state index contributed by atoms with van der Waals surface area (Å²) in [5, 5.41) is 9.66. The smallest absolute Gasteiger partial charge is 0.261 e. The summed E-state index contributed by atoms with van der Waals surface area (Å²) < 4.78 is 0. The molecule has 0 fully saturated rings.